The highest BCUT2D eigenvalue weighted by Crippen LogP contribution is 2.22. The van der Waals surface area contributed by atoms with Crippen LogP contribution in [0.15, 0.2) is 42.5 Å². The monoisotopic (exact) mass is 248 g/mol. The van der Waals surface area contributed by atoms with E-state index in [0.717, 1.165) is 5.56 Å². The molecule has 0 amide bonds. The van der Waals surface area contributed by atoms with Crippen LogP contribution in [-0.2, 0) is 0 Å². The molecule has 0 radical (unpaired) electrons. The van der Waals surface area contributed by atoms with Crippen molar-refractivity contribution in [2.24, 2.45) is 0 Å². The maximum atomic E-state index is 9.30. The summed E-state index contributed by atoms with van der Waals surface area (Å²) in [6.45, 7) is 0. The summed E-state index contributed by atoms with van der Waals surface area (Å²) in [4.78, 5) is 0. The van der Waals surface area contributed by atoms with Gasteiger partial charge in [0.2, 0.25) is 0 Å². The minimum Gasteiger partial charge on any atom is -0.508 e. The van der Waals surface area contributed by atoms with Gasteiger partial charge >= 0.3 is 0 Å². The molecule has 0 aliphatic carbocycles. The van der Waals surface area contributed by atoms with Crippen molar-refractivity contribution in [3.63, 3.8) is 0 Å². The summed E-state index contributed by atoms with van der Waals surface area (Å²) in [6, 6.07) is 11.1. The summed E-state index contributed by atoms with van der Waals surface area (Å²) < 4.78 is 0. The van der Waals surface area contributed by atoms with Crippen molar-refractivity contribution in [2.45, 2.75) is 0 Å². The zero-order valence-corrected chi connectivity index (χ0v) is 9.45. The van der Waals surface area contributed by atoms with Crippen LogP contribution in [0.2, 0.25) is 0 Å². The number of aromatic hydroxyl groups is 3. The molecule has 0 aliphatic rings. The van der Waals surface area contributed by atoms with Crippen molar-refractivity contribution in [2.75, 3.05) is 0 Å². The van der Waals surface area contributed by atoms with Crippen LogP contribution in [0.25, 0.3) is 12.2 Å². The normalized spacial score (nSPS) is 10.2. The Kier molecular flexibility index (Phi) is 4.32. The Morgan fingerprint density at radius 2 is 1.11 bits per heavy atom. The fourth-order valence-electron chi connectivity index (χ4n) is 1.49. The van der Waals surface area contributed by atoms with Gasteiger partial charge in [-0.3, -0.25) is 4.70 Å². The first kappa shape index (κ1) is 13.6. The van der Waals surface area contributed by atoms with Gasteiger partial charge in [-0.25, -0.2) is 0 Å². The second-order valence-corrected chi connectivity index (χ2v) is 3.71. The fourth-order valence-corrected chi connectivity index (χ4v) is 1.49. The molecule has 0 spiro atoms. The molecule has 94 valence electrons. The number of halogens is 1. The van der Waals surface area contributed by atoms with E-state index in [0.29, 0.717) is 5.56 Å². The van der Waals surface area contributed by atoms with Gasteiger partial charge in [0.15, 0.2) is 0 Å². The number of phenols is 3. The van der Waals surface area contributed by atoms with Crippen molar-refractivity contribution < 1.29 is 20.0 Å². The molecule has 0 heterocycles. The third kappa shape index (κ3) is 3.52. The maximum Gasteiger partial charge on any atom is 0.119 e. The second kappa shape index (κ2) is 5.72. The summed E-state index contributed by atoms with van der Waals surface area (Å²) in [5.41, 5.74) is 1.63. The smallest absolute Gasteiger partial charge is 0.119 e. The van der Waals surface area contributed by atoms with E-state index in [-0.39, 0.29) is 22.0 Å². The Balaban J connectivity index is 0.00000162. The maximum absolute atomic E-state index is 9.30. The number of phenolic OH excluding ortho intramolecular Hbond substituents is 3. The van der Waals surface area contributed by atoms with Gasteiger partial charge < -0.3 is 15.3 Å². The summed E-state index contributed by atoms with van der Waals surface area (Å²) in [5.74, 6) is 0.267. The van der Waals surface area contributed by atoms with Gasteiger partial charge in [0.05, 0.1) is 0 Å². The molecule has 4 heteroatoms. The Hall–Kier alpha value is -2.49. The summed E-state index contributed by atoms with van der Waals surface area (Å²) in [6.07, 6.45) is 3.60. The van der Waals surface area contributed by atoms with Crippen LogP contribution in [0.3, 0.4) is 0 Å². The zero-order valence-electron chi connectivity index (χ0n) is 9.45. The van der Waals surface area contributed by atoms with Crippen LogP contribution in [0.1, 0.15) is 11.1 Å². The molecule has 2 rings (SSSR count). The lowest BCUT2D eigenvalue weighted by Gasteiger charge is -1.98. The van der Waals surface area contributed by atoms with Crippen molar-refractivity contribution in [1.82, 2.24) is 0 Å². The highest BCUT2D eigenvalue weighted by atomic mass is 19.0. The number of rotatable bonds is 2. The van der Waals surface area contributed by atoms with Crippen LogP contribution < -0.4 is 0 Å². The number of hydrogen-bond acceptors (Lipinski definition) is 3. The van der Waals surface area contributed by atoms with E-state index in [1.165, 1.54) is 6.07 Å². The lowest BCUT2D eigenvalue weighted by atomic mass is 10.1. The Bertz CT molecular complexity index is 527. The first-order chi connectivity index (χ1) is 8.13. The average molecular weight is 248 g/mol. The third-order valence-electron chi connectivity index (χ3n) is 2.29. The van der Waals surface area contributed by atoms with Gasteiger partial charge in [-0.15, -0.1) is 0 Å². The van der Waals surface area contributed by atoms with Gasteiger partial charge in [0.1, 0.15) is 17.2 Å². The van der Waals surface area contributed by atoms with Gasteiger partial charge in [0.25, 0.3) is 0 Å². The van der Waals surface area contributed by atoms with Crippen molar-refractivity contribution in [3.8, 4) is 17.2 Å². The standard InChI is InChI=1S/C14H12O3.FH/c15-12-5-3-10(4-6-12)1-2-11-7-13(16)9-14(17)8-11;/h1-9,15-17H;1H. The average Bonchev–Trinajstić information content (AvgIpc) is 2.27. The highest BCUT2D eigenvalue weighted by Gasteiger charge is 1.95. The largest absolute Gasteiger partial charge is 0.508 e. The van der Waals surface area contributed by atoms with Crippen LogP contribution in [0, 0.1) is 0 Å². The van der Waals surface area contributed by atoms with E-state index >= 15 is 0 Å². The molecule has 2 aromatic carbocycles. The molecule has 2 aromatic rings. The predicted molar refractivity (Wildman–Crippen MR) is 69.3 cm³/mol. The van der Waals surface area contributed by atoms with E-state index in [2.05, 4.69) is 0 Å². The molecule has 0 aromatic heterocycles. The molecule has 0 saturated carbocycles. The molecule has 0 aliphatic heterocycles. The summed E-state index contributed by atoms with van der Waals surface area (Å²) in [7, 11) is 0. The lowest BCUT2D eigenvalue weighted by molar-refractivity contribution is 0.450. The zero-order chi connectivity index (χ0) is 12.3. The van der Waals surface area contributed by atoms with Crippen LogP contribution >= 0.6 is 0 Å². The van der Waals surface area contributed by atoms with Crippen molar-refractivity contribution in [3.05, 3.63) is 53.6 Å². The van der Waals surface area contributed by atoms with Crippen LogP contribution in [-0.4, -0.2) is 15.3 Å². The van der Waals surface area contributed by atoms with E-state index in [1.54, 1.807) is 42.5 Å². The Morgan fingerprint density at radius 1 is 0.611 bits per heavy atom. The second-order valence-electron chi connectivity index (χ2n) is 3.71. The molecule has 0 saturated heterocycles. The van der Waals surface area contributed by atoms with E-state index in [9.17, 15) is 10.2 Å². The summed E-state index contributed by atoms with van der Waals surface area (Å²) in [5, 5.41) is 27.7. The highest BCUT2D eigenvalue weighted by molar-refractivity contribution is 5.71. The van der Waals surface area contributed by atoms with Crippen molar-refractivity contribution in [1.29, 1.82) is 0 Å². The summed E-state index contributed by atoms with van der Waals surface area (Å²) >= 11 is 0. The minimum atomic E-state index is 0. The molecule has 0 unspecified atom stereocenters. The van der Waals surface area contributed by atoms with Gasteiger partial charge in [0, 0.05) is 6.07 Å². The first-order valence-electron chi connectivity index (χ1n) is 5.13. The topological polar surface area (TPSA) is 60.7 Å². The van der Waals surface area contributed by atoms with Crippen LogP contribution in [0.5, 0.6) is 17.2 Å². The van der Waals surface area contributed by atoms with Gasteiger partial charge in [-0.2, -0.15) is 0 Å². The molecular weight excluding hydrogens is 235 g/mol. The van der Waals surface area contributed by atoms with E-state index < -0.39 is 0 Å². The van der Waals surface area contributed by atoms with Gasteiger partial charge in [-0.05, 0) is 35.4 Å². The fraction of sp³-hybridized carbons (Fsp3) is 0. The van der Waals surface area contributed by atoms with Crippen LogP contribution in [0.4, 0.5) is 4.70 Å². The van der Waals surface area contributed by atoms with Crippen molar-refractivity contribution >= 4 is 12.2 Å². The van der Waals surface area contributed by atoms with Gasteiger partial charge in [-0.1, -0.05) is 24.3 Å². The minimum absolute atomic E-state index is 0. The molecule has 3 N–H and O–H groups in total. The number of benzene rings is 2. The quantitative estimate of drug-likeness (QED) is 0.715. The van der Waals surface area contributed by atoms with E-state index in [4.69, 9.17) is 5.11 Å². The third-order valence-corrected chi connectivity index (χ3v) is 2.29. The number of hydrogen-bond donors (Lipinski definition) is 3. The molecule has 3 nitrogen and oxygen atoms in total. The molecule has 0 atom stereocenters. The van der Waals surface area contributed by atoms with E-state index in [1.807, 2.05) is 6.08 Å². The molecule has 0 fully saturated rings. The predicted octanol–water partition coefficient (Wildman–Crippen LogP) is 3.13. The Labute approximate surface area is 104 Å². The SMILES string of the molecule is F.Oc1ccc(C=Cc2cc(O)cc(O)c2)cc1. The lowest BCUT2D eigenvalue weighted by Crippen LogP contribution is -1.74. The first-order valence-corrected chi connectivity index (χ1v) is 5.13. The molecular formula is C14H13FO3. The molecule has 0 bridgehead atoms. The molecule has 18 heavy (non-hydrogen) atoms. The Morgan fingerprint density at radius 3 is 1.67 bits per heavy atom.